The maximum absolute atomic E-state index is 11.7. The van der Waals surface area contributed by atoms with Crippen LogP contribution in [0.4, 0.5) is 9.80 Å². The van der Waals surface area contributed by atoms with Gasteiger partial charge in [0.1, 0.15) is 11.1 Å². The molecular formula is C15H14N4O3S. The molecule has 0 radical (unpaired) electrons. The number of hydrogen-bond donors (Lipinski definition) is 2. The van der Waals surface area contributed by atoms with E-state index in [4.69, 9.17) is 0 Å². The quantitative estimate of drug-likeness (QED) is 0.487. The standard InChI is InChI=1S/C15H14N4O3S/c16-6-9-8-4-2-1-3-5-11(8)23-14(9)17-7-10-12(20)18-15(22)19-13(10)21/h7,10H,1-5H2,(H2,18,19,20,21,22). The highest BCUT2D eigenvalue weighted by Gasteiger charge is 2.33. The SMILES string of the molecule is N#Cc1c(N=CC2C(=O)NC(=O)NC2=O)sc2c1CCCCC2. The lowest BCUT2D eigenvalue weighted by Crippen LogP contribution is -2.56. The second-order valence-corrected chi connectivity index (χ2v) is 6.50. The van der Waals surface area contributed by atoms with Gasteiger partial charge >= 0.3 is 6.03 Å². The van der Waals surface area contributed by atoms with Gasteiger partial charge in [-0.15, -0.1) is 11.3 Å². The number of nitrogens with one attached hydrogen (secondary N) is 2. The van der Waals surface area contributed by atoms with Crippen LogP contribution in [0.3, 0.4) is 0 Å². The van der Waals surface area contributed by atoms with E-state index in [1.807, 2.05) is 10.6 Å². The van der Waals surface area contributed by atoms with Gasteiger partial charge in [-0.25, -0.2) is 9.79 Å². The molecule has 0 spiro atoms. The molecule has 1 aliphatic heterocycles. The second-order valence-electron chi connectivity index (χ2n) is 5.42. The Balaban J connectivity index is 1.88. The van der Waals surface area contributed by atoms with E-state index in [1.165, 1.54) is 22.4 Å². The molecule has 1 fully saturated rings. The normalized spacial score (nSPS) is 19.0. The summed E-state index contributed by atoms with van der Waals surface area (Å²) in [6.45, 7) is 0. The molecule has 0 bridgehead atoms. The molecule has 1 aromatic heterocycles. The molecule has 2 N–H and O–H groups in total. The van der Waals surface area contributed by atoms with Gasteiger partial charge in [0.05, 0.1) is 5.56 Å². The first-order valence-electron chi connectivity index (χ1n) is 7.34. The molecule has 1 aromatic rings. The van der Waals surface area contributed by atoms with Gasteiger partial charge in [0.2, 0.25) is 11.8 Å². The lowest BCUT2D eigenvalue weighted by molar-refractivity contribution is -0.132. The van der Waals surface area contributed by atoms with Crippen molar-refractivity contribution in [1.82, 2.24) is 10.6 Å². The Morgan fingerprint density at radius 2 is 1.83 bits per heavy atom. The Hall–Kier alpha value is -2.53. The molecule has 0 saturated carbocycles. The zero-order valence-corrected chi connectivity index (χ0v) is 13.0. The largest absolute Gasteiger partial charge is 0.328 e. The summed E-state index contributed by atoms with van der Waals surface area (Å²) in [6.07, 6.45) is 6.30. The van der Waals surface area contributed by atoms with E-state index in [2.05, 4.69) is 11.1 Å². The van der Waals surface area contributed by atoms with Gasteiger partial charge in [0.15, 0.2) is 5.92 Å². The molecule has 8 heteroatoms. The van der Waals surface area contributed by atoms with Crippen molar-refractivity contribution in [3.8, 4) is 6.07 Å². The number of aryl methyl sites for hydroxylation is 1. The number of fused-ring (bicyclic) bond motifs is 1. The third kappa shape index (κ3) is 3.00. The third-order valence-corrected chi connectivity index (χ3v) is 5.09. The topological polar surface area (TPSA) is 111 Å². The molecule has 2 heterocycles. The molecule has 1 aliphatic carbocycles. The van der Waals surface area contributed by atoms with E-state index < -0.39 is 23.8 Å². The van der Waals surface area contributed by atoms with Crippen molar-refractivity contribution in [2.75, 3.05) is 0 Å². The Bertz CT molecular complexity index is 740. The third-order valence-electron chi connectivity index (χ3n) is 3.89. The number of rotatable bonds is 2. The Morgan fingerprint density at radius 3 is 2.52 bits per heavy atom. The summed E-state index contributed by atoms with van der Waals surface area (Å²) in [4.78, 5) is 39.8. The first-order chi connectivity index (χ1) is 11.1. The monoisotopic (exact) mass is 330 g/mol. The summed E-state index contributed by atoms with van der Waals surface area (Å²) in [5.41, 5.74) is 1.59. The van der Waals surface area contributed by atoms with Crippen LogP contribution in [0.2, 0.25) is 0 Å². The number of amides is 4. The van der Waals surface area contributed by atoms with E-state index >= 15 is 0 Å². The number of urea groups is 1. The lowest BCUT2D eigenvalue weighted by Gasteiger charge is -2.16. The van der Waals surface area contributed by atoms with E-state index in [0.29, 0.717) is 10.6 Å². The predicted molar refractivity (Wildman–Crippen MR) is 83.6 cm³/mol. The van der Waals surface area contributed by atoms with Crippen molar-refractivity contribution in [3.63, 3.8) is 0 Å². The molecule has 23 heavy (non-hydrogen) atoms. The average Bonchev–Trinajstić information content (AvgIpc) is 2.66. The van der Waals surface area contributed by atoms with E-state index in [0.717, 1.165) is 37.7 Å². The molecule has 118 valence electrons. The fourth-order valence-corrected chi connectivity index (χ4v) is 3.93. The van der Waals surface area contributed by atoms with Crippen LogP contribution in [0.5, 0.6) is 0 Å². The zero-order valence-electron chi connectivity index (χ0n) is 12.2. The number of carbonyl (C=O) groups excluding carboxylic acids is 3. The maximum atomic E-state index is 11.7. The van der Waals surface area contributed by atoms with Gasteiger partial charge in [-0.2, -0.15) is 5.26 Å². The average molecular weight is 330 g/mol. The molecule has 3 rings (SSSR count). The minimum Gasteiger partial charge on any atom is -0.277 e. The highest BCUT2D eigenvalue weighted by Crippen LogP contribution is 2.38. The van der Waals surface area contributed by atoms with E-state index in [-0.39, 0.29) is 0 Å². The van der Waals surface area contributed by atoms with Crippen molar-refractivity contribution in [3.05, 3.63) is 16.0 Å². The van der Waals surface area contributed by atoms with E-state index in [9.17, 15) is 19.6 Å². The fraction of sp³-hybridized carbons (Fsp3) is 0.400. The number of hydrogen-bond acceptors (Lipinski definition) is 6. The van der Waals surface area contributed by atoms with Crippen molar-refractivity contribution in [2.45, 2.75) is 32.1 Å². The number of nitriles is 1. The highest BCUT2D eigenvalue weighted by atomic mass is 32.1. The highest BCUT2D eigenvalue weighted by molar-refractivity contribution is 7.16. The first-order valence-corrected chi connectivity index (χ1v) is 8.16. The van der Waals surface area contributed by atoms with Crippen LogP contribution in [0.25, 0.3) is 0 Å². The summed E-state index contributed by atoms with van der Waals surface area (Å²) in [5.74, 6) is -2.58. The number of carbonyl (C=O) groups is 3. The summed E-state index contributed by atoms with van der Waals surface area (Å²) in [6, 6.07) is 1.36. The lowest BCUT2D eigenvalue weighted by atomic mass is 10.1. The second kappa shape index (κ2) is 6.30. The number of nitrogens with zero attached hydrogens (tertiary/aromatic N) is 2. The Kier molecular flexibility index (Phi) is 4.21. The smallest absolute Gasteiger partial charge is 0.277 e. The first kappa shape index (κ1) is 15.4. The van der Waals surface area contributed by atoms with Gasteiger partial charge in [-0.05, 0) is 31.2 Å². The van der Waals surface area contributed by atoms with Crippen molar-refractivity contribution in [1.29, 1.82) is 5.26 Å². The van der Waals surface area contributed by atoms with E-state index in [1.54, 1.807) is 0 Å². The van der Waals surface area contributed by atoms with Crippen LogP contribution in [0.15, 0.2) is 4.99 Å². The molecule has 7 nitrogen and oxygen atoms in total. The summed E-state index contributed by atoms with van der Waals surface area (Å²) >= 11 is 1.44. The molecule has 1 saturated heterocycles. The van der Waals surface area contributed by atoms with Crippen LogP contribution in [0.1, 0.15) is 35.3 Å². The van der Waals surface area contributed by atoms with Crippen molar-refractivity contribution < 1.29 is 14.4 Å². The van der Waals surface area contributed by atoms with Gasteiger partial charge in [0, 0.05) is 11.1 Å². The number of aliphatic imine (C=N–C) groups is 1. The van der Waals surface area contributed by atoms with Gasteiger partial charge < -0.3 is 0 Å². The van der Waals surface area contributed by atoms with Gasteiger partial charge in [-0.3, -0.25) is 20.2 Å². The minimum absolute atomic E-state index is 0.525. The van der Waals surface area contributed by atoms with Crippen LogP contribution >= 0.6 is 11.3 Å². The summed E-state index contributed by atoms with van der Waals surface area (Å²) in [7, 11) is 0. The van der Waals surface area contributed by atoms with Crippen LogP contribution in [0, 0.1) is 17.2 Å². The minimum atomic E-state index is -1.17. The molecule has 4 amide bonds. The molecule has 0 atom stereocenters. The summed E-state index contributed by atoms with van der Waals surface area (Å²) < 4.78 is 0. The predicted octanol–water partition coefficient (Wildman–Crippen LogP) is 1.57. The molecule has 2 aliphatic rings. The van der Waals surface area contributed by atoms with Gasteiger partial charge in [-0.1, -0.05) is 6.42 Å². The van der Waals surface area contributed by atoms with Crippen LogP contribution < -0.4 is 10.6 Å². The molecular weight excluding hydrogens is 316 g/mol. The zero-order chi connectivity index (χ0) is 16.4. The van der Waals surface area contributed by atoms with Gasteiger partial charge in [0.25, 0.3) is 0 Å². The number of imide groups is 2. The molecule has 0 aromatic carbocycles. The maximum Gasteiger partial charge on any atom is 0.328 e. The fourth-order valence-electron chi connectivity index (χ4n) is 2.74. The van der Waals surface area contributed by atoms with Crippen LogP contribution in [-0.4, -0.2) is 24.1 Å². The number of thiophene rings is 1. The van der Waals surface area contributed by atoms with Crippen molar-refractivity contribution >= 4 is 40.4 Å². The van der Waals surface area contributed by atoms with Crippen LogP contribution in [-0.2, 0) is 22.4 Å². The van der Waals surface area contributed by atoms with Crippen molar-refractivity contribution in [2.24, 2.45) is 10.9 Å². The number of barbiturate groups is 1. The Labute approximate surface area is 136 Å². The summed E-state index contributed by atoms with van der Waals surface area (Å²) in [5, 5.41) is 14.0. The Morgan fingerprint density at radius 1 is 1.13 bits per heavy atom. The molecule has 0 unspecified atom stereocenters.